The Morgan fingerprint density at radius 3 is 2.82 bits per heavy atom. The molecule has 4 nitrogen and oxygen atoms in total. The van der Waals surface area contributed by atoms with E-state index >= 15 is 0 Å². The van der Waals surface area contributed by atoms with Crippen molar-refractivity contribution in [1.82, 2.24) is 9.97 Å². The maximum absolute atomic E-state index is 6.02. The van der Waals surface area contributed by atoms with Crippen LogP contribution < -0.4 is 10.5 Å². The van der Waals surface area contributed by atoms with Gasteiger partial charge in [-0.25, -0.2) is 9.97 Å². The third-order valence-electron chi connectivity index (χ3n) is 2.18. The lowest BCUT2D eigenvalue weighted by Gasteiger charge is -2.07. The Morgan fingerprint density at radius 2 is 2.12 bits per heavy atom. The molecule has 2 aromatic rings. The fraction of sp³-hybridized carbons (Fsp3) is 0.0909. The molecule has 0 radical (unpaired) electrons. The molecular formula is C11H9BrClN3O. The van der Waals surface area contributed by atoms with Gasteiger partial charge < -0.3 is 10.5 Å². The van der Waals surface area contributed by atoms with Crippen molar-refractivity contribution in [1.29, 1.82) is 0 Å². The molecule has 17 heavy (non-hydrogen) atoms. The van der Waals surface area contributed by atoms with E-state index < -0.39 is 0 Å². The van der Waals surface area contributed by atoms with Crippen molar-refractivity contribution in [3.8, 4) is 17.0 Å². The largest absolute Gasteiger partial charge is 0.497 e. The van der Waals surface area contributed by atoms with Gasteiger partial charge >= 0.3 is 0 Å². The van der Waals surface area contributed by atoms with Crippen LogP contribution in [-0.2, 0) is 0 Å². The number of nitrogens with zero attached hydrogens (tertiary/aromatic N) is 2. The molecule has 0 aliphatic rings. The summed E-state index contributed by atoms with van der Waals surface area (Å²) in [5.74, 6) is 0.995. The first kappa shape index (κ1) is 12.1. The number of hydrogen-bond donors (Lipinski definition) is 1. The lowest BCUT2D eigenvalue weighted by molar-refractivity contribution is 0.415. The molecule has 0 aliphatic carbocycles. The average molecular weight is 315 g/mol. The van der Waals surface area contributed by atoms with Gasteiger partial charge in [-0.1, -0.05) is 23.7 Å². The normalized spacial score (nSPS) is 10.3. The lowest BCUT2D eigenvalue weighted by atomic mass is 10.1. The van der Waals surface area contributed by atoms with Crippen LogP contribution in [0.3, 0.4) is 0 Å². The molecule has 1 heterocycles. The van der Waals surface area contributed by atoms with E-state index in [0.29, 0.717) is 10.3 Å². The Kier molecular flexibility index (Phi) is 3.49. The molecule has 0 saturated carbocycles. The predicted molar refractivity (Wildman–Crippen MR) is 71.1 cm³/mol. The molecule has 0 fully saturated rings. The second-order valence-electron chi connectivity index (χ2n) is 3.27. The molecule has 6 heteroatoms. The third kappa shape index (κ3) is 2.50. The molecule has 1 aromatic carbocycles. The molecule has 88 valence electrons. The van der Waals surface area contributed by atoms with Gasteiger partial charge in [0, 0.05) is 5.56 Å². The molecular weight excluding hydrogens is 305 g/mol. The van der Waals surface area contributed by atoms with Crippen LogP contribution in [0.25, 0.3) is 11.3 Å². The number of anilines is 1. The van der Waals surface area contributed by atoms with E-state index in [1.807, 2.05) is 24.3 Å². The second kappa shape index (κ2) is 4.89. The first-order chi connectivity index (χ1) is 8.11. The number of ether oxygens (including phenoxy) is 1. The summed E-state index contributed by atoms with van der Waals surface area (Å²) in [7, 11) is 1.60. The van der Waals surface area contributed by atoms with Gasteiger partial charge in [0.15, 0.2) is 11.0 Å². The summed E-state index contributed by atoms with van der Waals surface area (Å²) in [6, 6.07) is 7.41. The summed E-state index contributed by atoms with van der Waals surface area (Å²) in [4.78, 5) is 8.26. The third-order valence-corrected chi connectivity index (χ3v) is 3.03. The van der Waals surface area contributed by atoms with Gasteiger partial charge in [-0.2, -0.15) is 0 Å². The second-order valence-corrected chi connectivity index (χ2v) is 4.38. The number of hydrogen-bond acceptors (Lipinski definition) is 4. The molecule has 0 bridgehead atoms. The Balaban J connectivity index is 2.56. The molecule has 0 amide bonds. The monoisotopic (exact) mass is 313 g/mol. The molecule has 0 aliphatic heterocycles. The maximum atomic E-state index is 6.02. The van der Waals surface area contributed by atoms with E-state index in [4.69, 9.17) is 22.1 Å². The SMILES string of the molecule is COc1cccc(-c2nc(Br)c(N)nc2Cl)c1. The number of rotatable bonds is 2. The van der Waals surface area contributed by atoms with Crippen LogP contribution in [0.5, 0.6) is 5.75 Å². The van der Waals surface area contributed by atoms with Crippen LogP contribution in [0.1, 0.15) is 0 Å². The zero-order chi connectivity index (χ0) is 12.4. The minimum atomic E-state index is 0.263. The fourth-order valence-electron chi connectivity index (χ4n) is 1.36. The molecule has 2 rings (SSSR count). The van der Waals surface area contributed by atoms with Crippen molar-refractivity contribution in [2.24, 2.45) is 0 Å². The van der Waals surface area contributed by atoms with Crippen LogP contribution in [-0.4, -0.2) is 17.1 Å². The summed E-state index contributed by atoms with van der Waals surface area (Å²) in [6.45, 7) is 0. The van der Waals surface area contributed by atoms with Crippen molar-refractivity contribution < 1.29 is 4.74 Å². The van der Waals surface area contributed by atoms with Crippen LogP contribution in [0, 0.1) is 0 Å². The molecule has 0 spiro atoms. The highest BCUT2D eigenvalue weighted by Gasteiger charge is 2.11. The smallest absolute Gasteiger partial charge is 0.158 e. The van der Waals surface area contributed by atoms with Crippen molar-refractivity contribution in [2.75, 3.05) is 12.8 Å². The van der Waals surface area contributed by atoms with Crippen LogP contribution in [0.2, 0.25) is 5.15 Å². The molecule has 2 N–H and O–H groups in total. The molecule has 0 unspecified atom stereocenters. The number of methoxy groups -OCH3 is 1. The topological polar surface area (TPSA) is 61.0 Å². The highest BCUT2D eigenvalue weighted by molar-refractivity contribution is 9.10. The minimum absolute atomic E-state index is 0.263. The van der Waals surface area contributed by atoms with E-state index in [1.165, 1.54) is 0 Å². The van der Waals surface area contributed by atoms with Gasteiger partial charge in [0.1, 0.15) is 16.0 Å². The van der Waals surface area contributed by atoms with E-state index in [1.54, 1.807) is 7.11 Å². The van der Waals surface area contributed by atoms with Crippen LogP contribution >= 0.6 is 27.5 Å². The van der Waals surface area contributed by atoms with E-state index in [-0.39, 0.29) is 11.0 Å². The quantitative estimate of drug-likeness (QED) is 0.925. The zero-order valence-corrected chi connectivity index (χ0v) is 11.3. The van der Waals surface area contributed by atoms with Gasteiger partial charge in [0.05, 0.1) is 7.11 Å². The van der Waals surface area contributed by atoms with Gasteiger partial charge in [0.2, 0.25) is 0 Å². The summed E-state index contributed by atoms with van der Waals surface area (Å²) in [5, 5.41) is 0.263. The molecule has 0 atom stereocenters. The number of aromatic nitrogens is 2. The first-order valence-electron chi connectivity index (χ1n) is 4.74. The Bertz CT molecular complexity index is 562. The summed E-state index contributed by atoms with van der Waals surface area (Å²) in [5.41, 5.74) is 6.98. The fourth-order valence-corrected chi connectivity index (χ4v) is 1.87. The average Bonchev–Trinajstić information content (AvgIpc) is 2.34. The van der Waals surface area contributed by atoms with E-state index in [9.17, 15) is 0 Å². The summed E-state index contributed by atoms with van der Waals surface area (Å²) < 4.78 is 5.61. The number of halogens is 2. The first-order valence-corrected chi connectivity index (χ1v) is 5.92. The lowest BCUT2D eigenvalue weighted by Crippen LogP contribution is -1.97. The maximum Gasteiger partial charge on any atom is 0.158 e. The molecule has 1 aromatic heterocycles. The van der Waals surface area contributed by atoms with E-state index in [0.717, 1.165) is 11.3 Å². The summed E-state index contributed by atoms with van der Waals surface area (Å²) >= 11 is 9.24. The molecule has 0 saturated heterocycles. The van der Waals surface area contributed by atoms with Crippen molar-refractivity contribution in [2.45, 2.75) is 0 Å². The number of benzene rings is 1. The minimum Gasteiger partial charge on any atom is -0.497 e. The van der Waals surface area contributed by atoms with Crippen LogP contribution in [0.15, 0.2) is 28.9 Å². The zero-order valence-electron chi connectivity index (χ0n) is 8.95. The Labute approximate surface area is 112 Å². The van der Waals surface area contributed by atoms with Gasteiger partial charge in [-0.05, 0) is 28.1 Å². The number of nitrogen functional groups attached to an aromatic ring is 1. The van der Waals surface area contributed by atoms with E-state index in [2.05, 4.69) is 25.9 Å². The van der Waals surface area contributed by atoms with Gasteiger partial charge in [-0.15, -0.1) is 0 Å². The van der Waals surface area contributed by atoms with Crippen LogP contribution in [0.4, 0.5) is 5.82 Å². The Morgan fingerprint density at radius 1 is 1.35 bits per heavy atom. The van der Waals surface area contributed by atoms with Crippen molar-refractivity contribution >= 4 is 33.3 Å². The predicted octanol–water partition coefficient (Wildman–Crippen LogP) is 3.15. The van der Waals surface area contributed by atoms with Gasteiger partial charge in [-0.3, -0.25) is 0 Å². The summed E-state index contributed by atoms with van der Waals surface area (Å²) in [6.07, 6.45) is 0. The standard InChI is InChI=1S/C11H9BrClN3O/c1-17-7-4-2-3-6(5-7)8-10(13)16-11(14)9(12)15-8/h2-5H,1H3,(H2,14,16). The highest BCUT2D eigenvalue weighted by atomic mass is 79.9. The number of nitrogens with two attached hydrogens (primary N) is 1. The Hall–Kier alpha value is -1.33. The van der Waals surface area contributed by atoms with Crippen molar-refractivity contribution in [3.05, 3.63) is 34.0 Å². The van der Waals surface area contributed by atoms with Crippen molar-refractivity contribution in [3.63, 3.8) is 0 Å². The van der Waals surface area contributed by atoms with Gasteiger partial charge in [0.25, 0.3) is 0 Å². The highest BCUT2D eigenvalue weighted by Crippen LogP contribution is 2.30.